The van der Waals surface area contributed by atoms with E-state index in [0.717, 1.165) is 16.7 Å². The van der Waals surface area contributed by atoms with Gasteiger partial charge in [0.15, 0.2) is 5.82 Å². The molecule has 1 aromatic heterocycles. The number of fused-ring (bicyclic) bond motifs is 1. The largest absolute Gasteiger partial charge is 0.346 e. The highest BCUT2D eigenvalue weighted by molar-refractivity contribution is 8.08. The predicted octanol–water partition coefficient (Wildman–Crippen LogP) is 3.25. The van der Waals surface area contributed by atoms with Crippen LogP contribution < -0.4 is 10.3 Å². The lowest BCUT2D eigenvalue weighted by Gasteiger charge is -2.26. The van der Waals surface area contributed by atoms with Gasteiger partial charge in [0.25, 0.3) is 5.91 Å². The number of carbonyl (C=O) groups excluding carboxylic acids is 1. The van der Waals surface area contributed by atoms with E-state index in [4.69, 9.17) is 0 Å². The molecule has 0 bridgehead atoms. The lowest BCUT2D eigenvalue weighted by Crippen LogP contribution is -2.40. The summed E-state index contributed by atoms with van der Waals surface area (Å²) in [5, 5.41) is 7.68. The number of nitrogens with one attached hydrogen (secondary N) is 1. The van der Waals surface area contributed by atoms with Crippen LogP contribution in [0.25, 0.3) is 0 Å². The molecule has 0 saturated heterocycles. The van der Waals surface area contributed by atoms with Crippen molar-refractivity contribution in [2.75, 3.05) is 5.01 Å². The van der Waals surface area contributed by atoms with Crippen LogP contribution >= 0.6 is 0 Å². The Morgan fingerprint density at radius 1 is 0.967 bits per heavy atom. The van der Waals surface area contributed by atoms with E-state index < -0.39 is 20.8 Å². The molecule has 2 heterocycles. The quantitative estimate of drug-likeness (QED) is 0.700. The molecule has 1 aliphatic heterocycles. The number of amides is 1. The second kappa shape index (κ2) is 7.72. The van der Waals surface area contributed by atoms with Crippen LogP contribution in [-0.4, -0.2) is 24.4 Å². The highest BCUT2D eigenvalue weighted by atomic mass is 32.2. The number of hydrazone groups is 1. The third kappa shape index (κ3) is 3.69. The van der Waals surface area contributed by atoms with E-state index in [-0.39, 0.29) is 17.3 Å². The number of benzene rings is 2. The second-order valence-corrected chi connectivity index (χ2v) is 8.88. The van der Waals surface area contributed by atoms with Crippen molar-refractivity contribution >= 4 is 32.3 Å². The van der Waals surface area contributed by atoms with Gasteiger partial charge in [0.1, 0.15) is 4.90 Å². The van der Waals surface area contributed by atoms with Gasteiger partial charge in [-0.1, -0.05) is 47.5 Å². The Kier molecular flexibility index (Phi) is 5.09. The van der Waals surface area contributed by atoms with Crippen LogP contribution in [0.1, 0.15) is 16.7 Å². The van der Waals surface area contributed by atoms with E-state index in [1.807, 2.05) is 50.2 Å². The van der Waals surface area contributed by atoms with E-state index in [0.29, 0.717) is 5.69 Å². The topological polar surface area (TPSA) is 91.7 Å². The summed E-state index contributed by atoms with van der Waals surface area (Å²) < 4.78 is 26.1. The summed E-state index contributed by atoms with van der Waals surface area (Å²) in [7, 11) is -4.11. The van der Waals surface area contributed by atoms with Crippen molar-refractivity contribution in [3.8, 4) is 0 Å². The van der Waals surface area contributed by atoms with Crippen LogP contribution in [0.5, 0.6) is 0 Å². The number of rotatable bonds is 4. The molecule has 0 atom stereocenters. The number of pyridine rings is 1. The summed E-state index contributed by atoms with van der Waals surface area (Å²) >= 11 is 0. The summed E-state index contributed by atoms with van der Waals surface area (Å²) in [6, 6.07) is 17.9. The maximum absolute atomic E-state index is 13.1. The lowest BCUT2D eigenvalue weighted by molar-refractivity contribution is -0.114. The summed E-state index contributed by atoms with van der Waals surface area (Å²) in [5.41, 5.74) is 3.62. The molecule has 8 heteroatoms. The van der Waals surface area contributed by atoms with Gasteiger partial charge in [-0.15, -0.1) is 5.10 Å². The van der Waals surface area contributed by atoms with Crippen LogP contribution in [0.15, 0.2) is 76.9 Å². The number of carbonyl (C=O) groups is 1. The molecule has 0 saturated carbocycles. The Morgan fingerprint density at radius 3 is 2.27 bits per heavy atom. The minimum atomic E-state index is -4.11. The van der Waals surface area contributed by atoms with E-state index in [1.165, 1.54) is 23.3 Å². The first-order valence-electron chi connectivity index (χ1n) is 9.35. The first kappa shape index (κ1) is 19.8. The molecule has 7 nitrogen and oxygen atoms in total. The molecular formula is C22H20N4O3S. The average Bonchev–Trinajstić information content (AvgIpc) is 2.74. The highest BCUT2D eigenvalue weighted by Crippen LogP contribution is 2.34. The number of aromatic nitrogens is 1. The minimum Gasteiger partial charge on any atom is -0.346 e. The Bertz CT molecular complexity index is 1230. The van der Waals surface area contributed by atoms with Crippen molar-refractivity contribution in [2.24, 2.45) is 5.10 Å². The number of hydrogen-bond acceptors (Lipinski definition) is 6. The van der Waals surface area contributed by atoms with E-state index in [9.17, 15) is 13.2 Å². The van der Waals surface area contributed by atoms with Gasteiger partial charge >= 0.3 is 0 Å². The smallest absolute Gasteiger partial charge is 0.284 e. The number of sulfone groups is 1. The van der Waals surface area contributed by atoms with Crippen molar-refractivity contribution in [3.63, 3.8) is 0 Å². The molecular weight excluding hydrogens is 400 g/mol. The number of nitrogens with zero attached hydrogens (tertiary/aromatic N) is 3. The molecule has 2 aromatic carbocycles. The summed E-state index contributed by atoms with van der Waals surface area (Å²) in [6.45, 7) is 4.11. The molecule has 152 valence electrons. The molecule has 1 N–H and O–H groups in total. The number of hydrogen-bond donors (Lipinski definition) is 1. The van der Waals surface area contributed by atoms with Crippen LogP contribution in [0.4, 0.5) is 11.5 Å². The van der Waals surface area contributed by atoms with Gasteiger partial charge in [0.05, 0.1) is 5.69 Å². The first-order chi connectivity index (χ1) is 14.4. The third-order valence-electron chi connectivity index (χ3n) is 4.73. The Labute approximate surface area is 175 Å². The third-order valence-corrected chi connectivity index (χ3v) is 6.41. The van der Waals surface area contributed by atoms with E-state index >= 15 is 0 Å². The number of anilines is 2. The average molecular weight is 420 g/mol. The lowest BCUT2D eigenvalue weighted by atomic mass is 10.1. The van der Waals surface area contributed by atoms with Crippen LogP contribution in [0, 0.1) is 13.8 Å². The molecule has 3 aromatic rings. The number of aryl methyl sites for hydroxylation is 2. The maximum Gasteiger partial charge on any atom is 0.284 e. The Hall–Kier alpha value is -3.52. The van der Waals surface area contributed by atoms with Gasteiger partial charge in [-0.25, -0.2) is 18.4 Å². The fourth-order valence-corrected chi connectivity index (χ4v) is 4.40. The molecule has 0 radical (unpaired) electrons. The second-order valence-electron chi connectivity index (χ2n) is 7.05. The summed E-state index contributed by atoms with van der Waals surface area (Å²) in [6.07, 6.45) is 1.49. The van der Waals surface area contributed by atoms with Gasteiger partial charge in [-0.2, -0.15) is 0 Å². The molecule has 1 amide bonds. The van der Waals surface area contributed by atoms with Gasteiger partial charge < -0.3 is 5.32 Å². The predicted molar refractivity (Wildman–Crippen MR) is 115 cm³/mol. The molecule has 30 heavy (non-hydrogen) atoms. The van der Waals surface area contributed by atoms with Gasteiger partial charge in [0, 0.05) is 12.7 Å². The molecule has 0 aliphatic carbocycles. The normalized spacial score (nSPS) is 14.6. The Morgan fingerprint density at radius 2 is 1.60 bits per heavy atom. The van der Waals surface area contributed by atoms with Crippen molar-refractivity contribution in [1.29, 1.82) is 0 Å². The van der Waals surface area contributed by atoms with Gasteiger partial charge in [-0.05, 0) is 43.7 Å². The zero-order valence-electron chi connectivity index (χ0n) is 16.5. The summed E-state index contributed by atoms with van der Waals surface area (Å²) in [5.74, 6) is -0.598. The van der Waals surface area contributed by atoms with E-state index in [2.05, 4.69) is 15.4 Å². The van der Waals surface area contributed by atoms with Crippen LogP contribution in [-0.2, 0) is 21.2 Å². The van der Waals surface area contributed by atoms with Crippen molar-refractivity contribution in [2.45, 2.75) is 25.3 Å². The maximum atomic E-state index is 13.1. The standard InChI is InChI=1S/C22H20N4O3S/c1-15-5-9-17(10-6-15)14-24-21(27)22-25-26(18-11-7-16(2)8-12-18)20-19(30(22,28)29)4-3-13-23-20/h3-13H,14H2,1-2H3,(H,24,27). The first-order valence-corrected chi connectivity index (χ1v) is 10.8. The van der Waals surface area contributed by atoms with Gasteiger partial charge in [0.2, 0.25) is 14.9 Å². The highest BCUT2D eigenvalue weighted by Gasteiger charge is 2.38. The molecule has 0 fully saturated rings. The van der Waals surface area contributed by atoms with Crippen molar-refractivity contribution in [1.82, 2.24) is 10.3 Å². The van der Waals surface area contributed by atoms with Crippen LogP contribution in [0.3, 0.4) is 0 Å². The SMILES string of the molecule is Cc1ccc(CNC(=O)C2=NN(c3ccc(C)cc3)c3ncccc3S2(=O)=O)cc1. The van der Waals surface area contributed by atoms with Gasteiger partial charge in [-0.3, -0.25) is 4.79 Å². The fourth-order valence-electron chi connectivity index (χ4n) is 3.04. The molecule has 4 rings (SSSR count). The monoisotopic (exact) mass is 420 g/mol. The molecule has 0 unspecified atom stereocenters. The summed E-state index contributed by atoms with van der Waals surface area (Å²) in [4.78, 5) is 17.0. The zero-order valence-corrected chi connectivity index (χ0v) is 17.3. The molecule has 1 aliphatic rings. The van der Waals surface area contributed by atoms with Crippen LogP contribution in [0.2, 0.25) is 0 Å². The Balaban J connectivity index is 1.71. The fraction of sp³-hybridized carbons (Fsp3) is 0.136. The van der Waals surface area contributed by atoms with Crippen molar-refractivity contribution < 1.29 is 13.2 Å². The van der Waals surface area contributed by atoms with E-state index in [1.54, 1.807) is 12.1 Å². The zero-order chi connectivity index (χ0) is 21.3. The minimum absolute atomic E-state index is 0.0546. The molecule has 0 spiro atoms. The van der Waals surface area contributed by atoms with Crippen molar-refractivity contribution in [3.05, 3.63) is 83.6 Å².